The molecular weight excluding hydrogens is 254 g/mol. The molecule has 1 aromatic rings. The second-order valence-electron chi connectivity index (χ2n) is 5.88. The third-order valence-electron chi connectivity index (χ3n) is 4.47. The van der Waals surface area contributed by atoms with Gasteiger partial charge in [-0.05, 0) is 68.7 Å². The Morgan fingerprint density at radius 1 is 1.26 bits per heavy atom. The van der Waals surface area contributed by atoms with Crippen molar-refractivity contribution >= 4 is 11.6 Å². The van der Waals surface area contributed by atoms with Gasteiger partial charge in [-0.1, -0.05) is 35.4 Å². The molecule has 0 saturated heterocycles. The van der Waals surface area contributed by atoms with Crippen LogP contribution in [0, 0.1) is 0 Å². The summed E-state index contributed by atoms with van der Waals surface area (Å²) >= 11 is 6.04. The van der Waals surface area contributed by atoms with Gasteiger partial charge in [0.15, 0.2) is 0 Å². The van der Waals surface area contributed by atoms with E-state index in [0.717, 1.165) is 11.6 Å². The SMILES string of the molecule is Clc1cccc(C2CC(NCCC3=CCCC3)C2)c1. The Balaban J connectivity index is 1.38. The molecule has 0 heterocycles. The number of benzene rings is 1. The lowest BCUT2D eigenvalue weighted by atomic mass is 9.76. The summed E-state index contributed by atoms with van der Waals surface area (Å²) in [5, 5.41) is 4.55. The van der Waals surface area contributed by atoms with Gasteiger partial charge in [0.25, 0.3) is 0 Å². The molecule has 1 saturated carbocycles. The second kappa shape index (κ2) is 6.11. The molecule has 0 aromatic heterocycles. The first-order valence-corrected chi connectivity index (χ1v) is 7.86. The molecule has 0 atom stereocenters. The number of hydrogen-bond acceptors (Lipinski definition) is 1. The molecule has 0 radical (unpaired) electrons. The average Bonchev–Trinajstić information content (AvgIpc) is 2.85. The van der Waals surface area contributed by atoms with E-state index >= 15 is 0 Å². The van der Waals surface area contributed by atoms with Gasteiger partial charge in [-0.3, -0.25) is 0 Å². The summed E-state index contributed by atoms with van der Waals surface area (Å²) in [6.07, 6.45) is 10.2. The predicted molar refractivity (Wildman–Crippen MR) is 81.8 cm³/mol. The van der Waals surface area contributed by atoms with Crippen molar-refractivity contribution in [2.45, 2.75) is 50.5 Å². The fourth-order valence-corrected chi connectivity index (χ4v) is 3.42. The van der Waals surface area contributed by atoms with E-state index in [2.05, 4.69) is 29.6 Å². The molecule has 1 fully saturated rings. The topological polar surface area (TPSA) is 12.0 Å². The van der Waals surface area contributed by atoms with Crippen LogP contribution in [0.15, 0.2) is 35.9 Å². The molecule has 0 unspecified atom stereocenters. The van der Waals surface area contributed by atoms with Crippen LogP contribution in [-0.2, 0) is 0 Å². The predicted octanol–water partition coefficient (Wildman–Crippen LogP) is 4.68. The van der Waals surface area contributed by atoms with Crippen LogP contribution < -0.4 is 5.32 Å². The van der Waals surface area contributed by atoms with Crippen molar-refractivity contribution in [3.05, 3.63) is 46.5 Å². The Labute approximate surface area is 121 Å². The summed E-state index contributed by atoms with van der Waals surface area (Å²) in [4.78, 5) is 0. The van der Waals surface area contributed by atoms with Crippen LogP contribution >= 0.6 is 11.6 Å². The zero-order valence-corrected chi connectivity index (χ0v) is 12.1. The summed E-state index contributed by atoms with van der Waals surface area (Å²) in [6, 6.07) is 9.05. The molecular formula is C17H22ClN. The van der Waals surface area contributed by atoms with Crippen LogP contribution in [0.5, 0.6) is 0 Å². The van der Waals surface area contributed by atoms with Crippen LogP contribution in [0.2, 0.25) is 5.02 Å². The average molecular weight is 276 g/mol. The van der Waals surface area contributed by atoms with Gasteiger partial charge in [0.2, 0.25) is 0 Å². The second-order valence-corrected chi connectivity index (χ2v) is 6.32. The number of allylic oxidation sites excluding steroid dienone is 1. The fourth-order valence-electron chi connectivity index (χ4n) is 3.22. The highest BCUT2D eigenvalue weighted by atomic mass is 35.5. The minimum absolute atomic E-state index is 0.710. The van der Waals surface area contributed by atoms with Gasteiger partial charge in [-0.2, -0.15) is 0 Å². The van der Waals surface area contributed by atoms with Crippen molar-refractivity contribution < 1.29 is 0 Å². The van der Waals surface area contributed by atoms with Crippen LogP contribution in [0.3, 0.4) is 0 Å². The van der Waals surface area contributed by atoms with E-state index < -0.39 is 0 Å². The zero-order valence-electron chi connectivity index (χ0n) is 11.4. The molecule has 0 bridgehead atoms. The van der Waals surface area contributed by atoms with E-state index in [1.165, 1.54) is 44.1 Å². The van der Waals surface area contributed by atoms with Crippen molar-refractivity contribution in [1.82, 2.24) is 5.32 Å². The molecule has 0 spiro atoms. The maximum atomic E-state index is 6.04. The molecule has 0 aliphatic heterocycles. The first-order valence-electron chi connectivity index (χ1n) is 7.48. The number of nitrogens with one attached hydrogen (secondary N) is 1. The molecule has 2 aliphatic rings. The minimum atomic E-state index is 0.710. The molecule has 19 heavy (non-hydrogen) atoms. The Bertz CT molecular complexity index is 460. The number of hydrogen-bond donors (Lipinski definition) is 1. The van der Waals surface area contributed by atoms with Crippen molar-refractivity contribution in [3.63, 3.8) is 0 Å². The van der Waals surface area contributed by atoms with E-state index in [1.54, 1.807) is 5.57 Å². The van der Waals surface area contributed by atoms with Gasteiger partial charge in [0, 0.05) is 11.1 Å². The summed E-state index contributed by atoms with van der Waals surface area (Å²) in [5.41, 5.74) is 3.07. The zero-order chi connectivity index (χ0) is 13.1. The Hall–Kier alpha value is -0.790. The van der Waals surface area contributed by atoms with Gasteiger partial charge in [-0.25, -0.2) is 0 Å². The van der Waals surface area contributed by atoms with Crippen LogP contribution in [0.1, 0.15) is 50.0 Å². The largest absolute Gasteiger partial charge is 0.314 e. The third kappa shape index (κ3) is 3.40. The smallest absolute Gasteiger partial charge is 0.0408 e. The monoisotopic (exact) mass is 275 g/mol. The van der Waals surface area contributed by atoms with E-state index in [1.807, 2.05) is 6.07 Å². The molecule has 2 heteroatoms. The Kier molecular flexibility index (Phi) is 4.24. The fraction of sp³-hybridized carbons (Fsp3) is 0.529. The van der Waals surface area contributed by atoms with Crippen LogP contribution in [0.4, 0.5) is 0 Å². The summed E-state index contributed by atoms with van der Waals surface area (Å²) in [7, 11) is 0. The third-order valence-corrected chi connectivity index (χ3v) is 4.71. The highest BCUT2D eigenvalue weighted by Crippen LogP contribution is 2.37. The van der Waals surface area contributed by atoms with Gasteiger partial charge in [0.05, 0.1) is 0 Å². The lowest BCUT2D eigenvalue weighted by Gasteiger charge is -2.36. The van der Waals surface area contributed by atoms with Crippen LogP contribution in [0.25, 0.3) is 0 Å². The van der Waals surface area contributed by atoms with E-state index in [0.29, 0.717) is 12.0 Å². The quantitative estimate of drug-likeness (QED) is 0.770. The molecule has 2 aliphatic carbocycles. The first-order chi connectivity index (χ1) is 9.31. The highest BCUT2D eigenvalue weighted by molar-refractivity contribution is 6.30. The lowest BCUT2D eigenvalue weighted by molar-refractivity contribution is 0.292. The molecule has 1 aromatic carbocycles. The van der Waals surface area contributed by atoms with Crippen molar-refractivity contribution in [3.8, 4) is 0 Å². The highest BCUT2D eigenvalue weighted by Gasteiger charge is 2.29. The molecule has 1 nitrogen and oxygen atoms in total. The number of rotatable bonds is 5. The van der Waals surface area contributed by atoms with Crippen LogP contribution in [-0.4, -0.2) is 12.6 Å². The Morgan fingerprint density at radius 3 is 2.89 bits per heavy atom. The molecule has 3 rings (SSSR count). The summed E-state index contributed by atoms with van der Waals surface area (Å²) in [5.74, 6) is 0.710. The first kappa shape index (κ1) is 13.2. The Morgan fingerprint density at radius 2 is 2.16 bits per heavy atom. The maximum Gasteiger partial charge on any atom is 0.0408 e. The van der Waals surface area contributed by atoms with Gasteiger partial charge < -0.3 is 5.32 Å². The molecule has 0 amide bonds. The van der Waals surface area contributed by atoms with Gasteiger partial charge >= 0.3 is 0 Å². The van der Waals surface area contributed by atoms with Crippen molar-refractivity contribution in [2.75, 3.05) is 6.54 Å². The number of halogens is 1. The van der Waals surface area contributed by atoms with Gasteiger partial charge in [0.1, 0.15) is 0 Å². The lowest BCUT2D eigenvalue weighted by Crippen LogP contribution is -2.40. The van der Waals surface area contributed by atoms with Crippen molar-refractivity contribution in [2.24, 2.45) is 0 Å². The molecule has 102 valence electrons. The normalized spacial score (nSPS) is 26.1. The molecule has 1 N–H and O–H groups in total. The van der Waals surface area contributed by atoms with E-state index in [4.69, 9.17) is 11.6 Å². The summed E-state index contributed by atoms with van der Waals surface area (Å²) < 4.78 is 0. The van der Waals surface area contributed by atoms with E-state index in [9.17, 15) is 0 Å². The van der Waals surface area contributed by atoms with Gasteiger partial charge in [-0.15, -0.1) is 0 Å². The van der Waals surface area contributed by atoms with Crippen molar-refractivity contribution in [1.29, 1.82) is 0 Å². The standard InChI is InChI=1S/C17H22ClN/c18-16-7-3-6-14(10-16)15-11-17(12-15)19-9-8-13-4-1-2-5-13/h3-4,6-7,10,15,17,19H,1-2,5,8-9,11-12H2. The minimum Gasteiger partial charge on any atom is -0.314 e. The summed E-state index contributed by atoms with van der Waals surface area (Å²) in [6.45, 7) is 1.15. The maximum absolute atomic E-state index is 6.04. The van der Waals surface area contributed by atoms with E-state index in [-0.39, 0.29) is 0 Å².